The van der Waals surface area contributed by atoms with Gasteiger partial charge in [-0.25, -0.2) is 18.9 Å². The van der Waals surface area contributed by atoms with Crippen molar-refractivity contribution in [2.75, 3.05) is 6.26 Å². The van der Waals surface area contributed by atoms with Crippen LogP contribution in [-0.2, 0) is 21.2 Å². The van der Waals surface area contributed by atoms with Crippen LogP contribution in [0.3, 0.4) is 0 Å². The third-order valence-corrected chi connectivity index (χ3v) is 8.12. The molecule has 1 saturated carbocycles. The molecule has 0 spiro atoms. The van der Waals surface area contributed by atoms with E-state index in [0.717, 1.165) is 6.26 Å². The zero-order chi connectivity index (χ0) is 25.1. The Kier molecular flexibility index (Phi) is 7.44. The highest BCUT2D eigenvalue weighted by Crippen LogP contribution is 2.25. The minimum atomic E-state index is -3.89. The maximum Gasteiger partial charge on any atom is 0.264 e. The van der Waals surface area contributed by atoms with Crippen molar-refractivity contribution in [3.05, 3.63) is 40.4 Å². The standard InChI is InChI=1S/C23H25N3O7S/c1-23(22(30)25-31,34(2,32)33)9-10-26-14-24-18-11-15(7-8-17(18)21(26)29)5-3-4-6-16-12-19(27)20(28)13-16/h7-8,11,14,16,19-20,27-28,31H,9-10,12-13H2,1-2H3,(H,25,30)/t16-,19+,20-,23-/m1/s1. The lowest BCUT2D eigenvalue weighted by Crippen LogP contribution is -2.50. The summed E-state index contributed by atoms with van der Waals surface area (Å²) in [5.74, 6) is 10.0. The van der Waals surface area contributed by atoms with Crippen LogP contribution in [-0.4, -0.2) is 62.5 Å². The highest BCUT2D eigenvalue weighted by Gasteiger charge is 2.43. The van der Waals surface area contributed by atoms with E-state index in [-0.39, 0.29) is 18.9 Å². The van der Waals surface area contributed by atoms with Crippen LogP contribution in [0, 0.1) is 29.6 Å². The van der Waals surface area contributed by atoms with Crippen molar-refractivity contribution in [1.29, 1.82) is 0 Å². The number of rotatable bonds is 5. The lowest BCUT2D eigenvalue weighted by molar-refractivity contribution is -0.131. The number of aliphatic hydroxyl groups is 2. The Balaban J connectivity index is 1.78. The minimum Gasteiger partial charge on any atom is -0.390 e. The Bertz CT molecular complexity index is 1380. The number of aliphatic hydroxyl groups excluding tert-OH is 2. The number of hydrogen-bond donors (Lipinski definition) is 4. The zero-order valence-corrected chi connectivity index (χ0v) is 19.5. The zero-order valence-electron chi connectivity index (χ0n) is 18.6. The van der Waals surface area contributed by atoms with Crippen LogP contribution < -0.4 is 11.0 Å². The van der Waals surface area contributed by atoms with Gasteiger partial charge in [-0.3, -0.25) is 19.4 Å². The number of sulfone groups is 1. The second-order valence-electron chi connectivity index (χ2n) is 8.49. The first-order chi connectivity index (χ1) is 16.0. The minimum absolute atomic E-state index is 0.107. The van der Waals surface area contributed by atoms with Gasteiger partial charge in [-0.1, -0.05) is 11.8 Å². The Morgan fingerprint density at radius 1 is 1.26 bits per heavy atom. The molecule has 0 unspecified atom stereocenters. The number of amides is 1. The topological polar surface area (TPSA) is 159 Å². The molecule has 4 N–H and O–H groups in total. The number of benzene rings is 1. The predicted octanol–water partition coefficient (Wildman–Crippen LogP) is -0.418. The SMILES string of the molecule is C[C@@](CCn1cnc2cc(C#CC#C[C@H]3C[C@@H](O)[C@@H](O)C3)ccc2c1=O)(C(=O)NO)S(C)(=O)=O. The summed E-state index contributed by atoms with van der Waals surface area (Å²) in [6, 6.07) is 4.81. The summed E-state index contributed by atoms with van der Waals surface area (Å²) >= 11 is 0. The summed E-state index contributed by atoms with van der Waals surface area (Å²) in [4.78, 5) is 29.0. The van der Waals surface area contributed by atoms with E-state index in [0.29, 0.717) is 29.3 Å². The lowest BCUT2D eigenvalue weighted by Gasteiger charge is -2.25. The Labute approximate surface area is 196 Å². The van der Waals surface area contributed by atoms with Gasteiger partial charge in [0.2, 0.25) is 0 Å². The van der Waals surface area contributed by atoms with Gasteiger partial charge in [0.15, 0.2) is 14.6 Å². The van der Waals surface area contributed by atoms with E-state index in [9.17, 15) is 28.2 Å². The molecule has 4 atom stereocenters. The predicted molar refractivity (Wildman–Crippen MR) is 123 cm³/mol. The number of aromatic nitrogens is 2. The van der Waals surface area contributed by atoms with E-state index in [1.165, 1.54) is 23.3 Å². The largest absolute Gasteiger partial charge is 0.390 e. The number of carbonyl (C=O) groups excluding carboxylic acids is 1. The summed E-state index contributed by atoms with van der Waals surface area (Å²) in [6.07, 6.45) is 1.22. The molecule has 180 valence electrons. The molecule has 1 aromatic carbocycles. The van der Waals surface area contributed by atoms with Gasteiger partial charge in [0, 0.05) is 24.3 Å². The first kappa shape index (κ1) is 25.4. The first-order valence-electron chi connectivity index (χ1n) is 10.5. The van der Waals surface area contributed by atoms with Crippen LogP contribution in [0.25, 0.3) is 10.9 Å². The van der Waals surface area contributed by atoms with Crippen molar-refractivity contribution >= 4 is 26.6 Å². The average Bonchev–Trinajstić information content (AvgIpc) is 3.11. The number of aryl methyl sites for hydroxylation is 1. The molecule has 1 amide bonds. The maximum atomic E-state index is 12.8. The Morgan fingerprint density at radius 2 is 1.94 bits per heavy atom. The molecule has 34 heavy (non-hydrogen) atoms. The second kappa shape index (κ2) is 9.95. The normalized spacial score (nSPS) is 21.6. The molecule has 1 aliphatic rings. The number of nitrogens with one attached hydrogen (secondary N) is 1. The van der Waals surface area contributed by atoms with E-state index < -0.39 is 38.3 Å². The number of carbonyl (C=O) groups is 1. The van der Waals surface area contributed by atoms with Crippen LogP contribution in [0.15, 0.2) is 29.3 Å². The van der Waals surface area contributed by atoms with Crippen LogP contribution in [0.5, 0.6) is 0 Å². The summed E-state index contributed by atoms with van der Waals surface area (Å²) in [5, 5.41) is 28.3. The molecule has 11 heteroatoms. The van der Waals surface area contributed by atoms with Crippen molar-refractivity contribution < 1.29 is 28.6 Å². The van der Waals surface area contributed by atoms with E-state index in [4.69, 9.17) is 5.21 Å². The van der Waals surface area contributed by atoms with E-state index in [1.807, 2.05) is 0 Å². The molecule has 3 rings (SSSR count). The average molecular weight is 488 g/mol. The summed E-state index contributed by atoms with van der Waals surface area (Å²) < 4.78 is 23.5. The molecule has 1 aliphatic carbocycles. The van der Waals surface area contributed by atoms with Crippen LogP contribution in [0.2, 0.25) is 0 Å². The van der Waals surface area contributed by atoms with Crippen molar-refractivity contribution in [2.24, 2.45) is 5.92 Å². The highest BCUT2D eigenvalue weighted by atomic mass is 32.2. The van der Waals surface area contributed by atoms with Gasteiger partial charge in [0.1, 0.15) is 0 Å². The molecule has 2 aromatic rings. The molecule has 1 heterocycles. The third-order valence-electron chi connectivity index (χ3n) is 6.10. The maximum absolute atomic E-state index is 12.8. The van der Waals surface area contributed by atoms with Crippen molar-refractivity contribution in [3.63, 3.8) is 0 Å². The fourth-order valence-electron chi connectivity index (χ4n) is 3.67. The van der Waals surface area contributed by atoms with Crippen molar-refractivity contribution in [2.45, 2.75) is 49.7 Å². The van der Waals surface area contributed by atoms with Crippen molar-refractivity contribution in [1.82, 2.24) is 15.0 Å². The second-order valence-corrected chi connectivity index (χ2v) is 10.9. The molecular weight excluding hydrogens is 462 g/mol. The van der Waals surface area contributed by atoms with Crippen LogP contribution in [0.1, 0.15) is 31.7 Å². The first-order valence-corrected chi connectivity index (χ1v) is 12.4. The van der Waals surface area contributed by atoms with Gasteiger partial charge in [-0.2, -0.15) is 0 Å². The number of fused-ring (bicyclic) bond motifs is 1. The highest BCUT2D eigenvalue weighted by molar-refractivity contribution is 7.92. The lowest BCUT2D eigenvalue weighted by atomic mass is 10.1. The van der Waals surface area contributed by atoms with E-state index in [2.05, 4.69) is 28.7 Å². The Hall–Kier alpha value is -3.22. The van der Waals surface area contributed by atoms with Gasteiger partial charge in [0.25, 0.3) is 11.5 Å². The monoisotopic (exact) mass is 487 g/mol. The number of nitrogens with zero attached hydrogens (tertiary/aromatic N) is 2. The quantitative estimate of drug-likeness (QED) is 0.251. The van der Waals surface area contributed by atoms with Gasteiger partial charge < -0.3 is 10.2 Å². The van der Waals surface area contributed by atoms with Crippen LogP contribution >= 0.6 is 0 Å². The molecule has 0 aliphatic heterocycles. The Morgan fingerprint density at radius 3 is 2.56 bits per heavy atom. The van der Waals surface area contributed by atoms with Gasteiger partial charge in [0.05, 0.1) is 29.4 Å². The third kappa shape index (κ3) is 5.29. The molecule has 1 aromatic heterocycles. The molecular formula is C23H25N3O7S. The number of hydrogen-bond acceptors (Lipinski definition) is 8. The molecule has 1 fully saturated rings. The van der Waals surface area contributed by atoms with E-state index in [1.54, 1.807) is 18.2 Å². The molecule has 0 bridgehead atoms. The molecule has 10 nitrogen and oxygen atoms in total. The molecule has 0 radical (unpaired) electrons. The van der Waals surface area contributed by atoms with Gasteiger partial charge >= 0.3 is 0 Å². The summed E-state index contributed by atoms with van der Waals surface area (Å²) in [7, 11) is -3.89. The fraction of sp³-hybridized carbons (Fsp3) is 0.435. The smallest absolute Gasteiger partial charge is 0.264 e. The summed E-state index contributed by atoms with van der Waals surface area (Å²) in [5.41, 5.74) is 1.94. The number of hydroxylamine groups is 1. The van der Waals surface area contributed by atoms with E-state index >= 15 is 0 Å². The van der Waals surface area contributed by atoms with Gasteiger partial charge in [-0.15, -0.1) is 0 Å². The van der Waals surface area contributed by atoms with Crippen LogP contribution in [0.4, 0.5) is 0 Å². The molecule has 0 saturated heterocycles. The fourth-order valence-corrected chi connectivity index (χ4v) is 4.51. The van der Waals surface area contributed by atoms with Gasteiger partial charge in [-0.05, 0) is 56.2 Å². The van der Waals surface area contributed by atoms with Crippen molar-refractivity contribution in [3.8, 4) is 23.7 Å². The summed E-state index contributed by atoms with van der Waals surface area (Å²) in [6.45, 7) is 1.07.